The van der Waals surface area contributed by atoms with Crippen LogP contribution in [0.5, 0.6) is 0 Å². The molecule has 0 unspecified atom stereocenters. The Morgan fingerprint density at radius 1 is 1.23 bits per heavy atom. The molecule has 1 aliphatic rings. The molecule has 2 heterocycles. The molecular formula is C17H17NO4. The van der Waals surface area contributed by atoms with Crippen molar-refractivity contribution in [2.45, 2.75) is 19.8 Å². The fourth-order valence-electron chi connectivity index (χ4n) is 2.82. The fraction of sp³-hybridized carbons (Fsp3) is 0.294. The van der Waals surface area contributed by atoms with Crippen molar-refractivity contribution in [2.24, 2.45) is 0 Å². The number of rotatable bonds is 2. The van der Waals surface area contributed by atoms with E-state index in [0.29, 0.717) is 23.6 Å². The number of benzene rings is 1. The van der Waals surface area contributed by atoms with E-state index in [0.717, 1.165) is 24.1 Å². The van der Waals surface area contributed by atoms with Gasteiger partial charge >= 0.3 is 5.97 Å². The number of hydrogen-bond donors (Lipinski definition) is 0. The van der Waals surface area contributed by atoms with Gasteiger partial charge in [-0.3, -0.25) is 4.79 Å². The summed E-state index contributed by atoms with van der Waals surface area (Å²) in [4.78, 5) is 26.2. The van der Waals surface area contributed by atoms with E-state index in [1.807, 2.05) is 6.07 Å². The molecule has 1 aromatic heterocycles. The van der Waals surface area contributed by atoms with Crippen LogP contribution in [-0.4, -0.2) is 25.5 Å². The third-order valence-electron chi connectivity index (χ3n) is 3.85. The molecule has 1 aliphatic heterocycles. The average Bonchev–Trinajstić information content (AvgIpc) is 2.98. The number of esters is 1. The van der Waals surface area contributed by atoms with Crippen LogP contribution in [0.2, 0.25) is 0 Å². The SMILES string of the molecule is COC(=O)c1cccc2c1CCCN2C(=O)c1ccc(C)o1. The summed E-state index contributed by atoms with van der Waals surface area (Å²) in [6.07, 6.45) is 1.55. The number of aryl methyl sites for hydroxylation is 1. The number of amides is 1. The van der Waals surface area contributed by atoms with Crippen LogP contribution in [0.1, 0.15) is 38.7 Å². The highest BCUT2D eigenvalue weighted by molar-refractivity contribution is 6.06. The summed E-state index contributed by atoms with van der Waals surface area (Å²) in [6.45, 7) is 2.41. The van der Waals surface area contributed by atoms with E-state index in [9.17, 15) is 9.59 Å². The summed E-state index contributed by atoms with van der Waals surface area (Å²) >= 11 is 0. The number of carbonyl (C=O) groups is 2. The van der Waals surface area contributed by atoms with Gasteiger partial charge in [0.1, 0.15) is 5.76 Å². The maximum atomic E-state index is 12.6. The van der Waals surface area contributed by atoms with Gasteiger partial charge in [-0.05, 0) is 49.6 Å². The number of hydrogen-bond acceptors (Lipinski definition) is 4. The topological polar surface area (TPSA) is 59.8 Å². The molecule has 22 heavy (non-hydrogen) atoms. The van der Waals surface area contributed by atoms with Gasteiger partial charge in [-0.15, -0.1) is 0 Å². The minimum atomic E-state index is -0.375. The number of fused-ring (bicyclic) bond motifs is 1. The monoisotopic (exact) mass is 299 g/mol. The van der Waals surface area contributed by atoms with Crippen LogP contribution in [0.3, 0.4) is 0 Å². The molecule has 0 spiro atoms. The van der Waals surface area contributed by atoms with E-state index in [1.54, 1.807) is 36.1 Å². The highest BCUT2D eigenvalue weighted by atomic mass is 16.5. The second-order valence-electron chi connectivity index (χ2n) is 5.27. The number of carbonyl (C=O) groups excluding carboxylic acids is 2. The molecule has 0 saturated heterocycles. The predicted octanol–water partition coefficient (Wildman–Crippen LogP) is 2.97. The highest BCUT2D eigenvalue weighted by Crippen LogP contribution is 2.31. The lowest BCUT2D eigenvalue weighted by Crippen LogP contribution is -2.36. The van der Waals surface area contributed by atoms with E-state index >= 15 is 0 Å². The Labute approximate surface area is 128 Å². The van der Waals surface area contributed by atoms with Crippen molar-refractivity contribution in [3.05, 3.63) is 53.0 Å². The molecule has 5 heteroatoms. The first kappa shape index (κ1) is 14.4. The molecule has 5 nitrogen and oxygen atoms in total. The molecule has 0 fully saturated rings. The Balaban J connectivity index is 2.01. The Hall–Kier alpha value is -2.56. The second kappa shape index (κ2) is 5.67. The lowest BCUT2D eigenvalue weighted by Gasteiger charge is -2.29. The van der Waals surface area contributed by atoms with Crippen molar-refractivity contribution in [1.29, 1.82) is 0 Å². The molecule has 0 atom stereocenters. The van der Waals surface area contributed by atoms with Crippen LogP contribution in [-0.2, 0) is 11.2 Å². The minimum absolute atomic E-state index is 0.184. The van der Waals surface area contributed by atoms with Gasteiger partial charge in [0.2, 0.25) is 0 Å². The lowest BCUT2D eigenvalue weighted by molar-refractivity contribution is 0.0599. The molecule has 0 N–H and O–H groups in total. The van der Waals surface area contributed by atoms with Gasteiger partial charge in [-0.2, -0.15) is 0 Å². The normalized spacial score (nSPS) is 13.6. The summed E-state index contributed by atoms with van der Waals surface area (Å²) in [5.41, 5.74) is 2.14. The second-order valence-corrected chi connectivity index (χ2v) is 5.27. The third kappa shape index (κ3) is 2.39. The number of ether oxygens (including phenoxy) is 1. The Bertz CT molecular complexity index is 732. The van der Waals surface area contributed by atoms with Crippen molar-refractivity contribution >= 4 is 17.6 Å². The van der Waals surface area contributed by atoms with Crippen LogP contribution in [0.4, 0.5) is 5.69 Å². The van der Waals surface area contributed by atoms with Crippen molar-refractivity contribution < 1.29 is 18.7 Å². The van der Waals surface area contributed by atoms with Gasteiger partial charge < -0.3 is 14.1 Å². The molecule has 1 aromatic carbocycles. The zero-order chi connectivity index (χ0) is 15.7. The summed E-state index contributed by atoms with van der Waals surface area (Å²) in [5.74, 6) is 0.453. The van der Waals surface area contributed by atoms with E-state index in [-0.39, 0.29) is 11.9 Å². The van der Waals surface area contributed by atoms with E-state index in [4.69, 9.17) is 9.15 Å². The van der Waals surface area contributed by atoms with Crippen LogP contribution < -0.4 is 4.90 Å². The Kier molecular flexibility index (Phi) is 3.71. The van der Waals surface area contributed by atoms with Crippen LogP contribution in [0.25, 0.3) is 0 Å². The minimum Gasteiger partial charge on any atom is -0.465 e. The predicted molar refractivity (Wildman–Crippen MR) is 81.2 cm³/mol. The van der Waals surface area contributed by atoms with Crippen LogP contribution in [0.15, 0.2) is 34.7 Å². The molecule has 1 amide bonds. The zero-order valence-corrected chi connectivity index (χ0v) is 12.6. The lowest BCUT2D eigenvalue weighted by atomic mass is 9.96. The van der Waals surface area contributed by atoms with Gasteiger partial charge in [-0.1, -0.05) is 6.07 Å². The molecule has 3 rings (SSSR count). The fourth-order valence-corrected chi connectivity index (χ4v) is 2.82. The van der Waals surface area contributed by atoms with Gasteiger partial charge in [0.15, 0.2) is 5.76 Å². The largest absolute Gasteiger partial charge is 0.465 e. The third-order valence-corrected chi connectivity index (χ3v) is 3.85. The molecule has 114 valence electrons. The van der Waals surface area contributed by atoms with E-state index in [1.165, 1.54) is 7.11 Å². The maximum Gasteiger partial charge on any atom is 0.338 e. The van der Waals surface area contributed by atoms with E-state index < -0.39 is 0 Å². The van der Waals surface area contributed by atoms with E-state index in [2.05, 4.69) is 0 Å². The summed E-state index contributed by atoms with van der Waals surface area (Å²) in [7, 11) is 1.36. The maximum absolute atomic E-state index is 12.6. The summed E-state index contributed by atoms with van der Waals surface area (Å²) < 4.78 is 10.3. The Morgan fingerprint density at radius 2 is 2.05 bits per heavy atom. The molecule has 2 aromatic rings. The molecule has 0 radical (unpaired) electrons. The summed E-state index contributed by atoms with van der Waals surface area (Å²) in [5, 5.41) is 0. The van der Waals surface area contributed by atoms with Crippen molar-refractivity contribution in [3.63, 3.8) is 0 Å². The van der Waals surface area contributed by atoms with Crippen molar-refractivity contribution in [2.75, 3.05) is 18.6 Å². The van der Waals surface area contributed by atoms with Crippen molar-refractivity contribution in [1.82, 2.24) is 0 Å². The van der Waals surface area contributed by atoms with Gasteiger partial charge in [0.05, 0.1) is 12.7 Å². The van der Waals surface area contributed by atoms with Gasteiger partial charge in [0, 0.05) is 12.2 Å². The van der Waals surface area contributed by atoms with Gasteiger partial charge in [0.25, 0.3) is 5.91 Å². The quantitative estimate of drug-likeness (QED) is 0.800. The number of anilines is 1. The smallest absolute Gasteiger partial charge is 0.338 e. The first-order valence-electron chi connectivity index (χ1n) is 7.20. The van der Waals surface area contributed by atoms with Crippen LogP contribution >= 0.6 is 0 Å². The highest BCUT2D eigenvalue weighted by Gasteiger charge is 2.28. The number of furan rings is 1. The number of methoxy groups -OCH3 is 1. The van der Waals surface area contributed by atoms with Gasteiger partial charge in [-0.25, -0.2) is 4.79 Å². The molecule has 0 aliphatic carbocycles. The number of nitrogens with zero attached hydrogens (tertiary/aromatic N) is 1. The standard InChI is InChI=1S/C17H17NO4/c1-11-8-9-15(22-11)16(19)18-10-4-6-12-13(17(20)21-2)5-3-7-14(12)18/h3,5,7-9H,4,6,10H2,1-2H3. The molecular weight excluding hydrogens is 282 g/mol. The van der Waals surface area contributed by atoms with Crippen molar-refractivity contribution in [3.8, 4) is 0 Å². The summed E-state index contributed by atoms with van der Waals surface area (Å²) in [6, 6.07) is 8.80. The first-order valence-corrected chi connectivity index (χ1v) is 7.20. The van der Waals surface area contributed by atoms with Crippen LogP contribution in [0, 0.1) is 6.92 Å². The molecule has 0 bridgehead atoms. The zero-order valence-electron chi connectivity index (χ0n) is 12.6. The average molecular weight is 299 g/mol. The Morgan fingerprint density at radius 3 is 2.73 bits per heavy atom. The molecule has 0 saturated carbocycles. The first-order chi connectivity index (χ1) is 10.6.